The van der Waals surface area contributed by atoms with Crippen LogP contribution in [0.25, 0.3) is 0 Å². The van der Waals surface area contributed by atoms with Gasteiger partial charge in [-0.3, -0.25) is 9.35 Å². The molecule has 2 atom stereocenters. The third-order valence-corrected chi connectivity index (χ3v) is 5.74. The van der Waals surface area contributed by atoms with Gasteiger partial charge in [-0.15, -0.1) is 0 Å². The molecule has 0 aromatic heterocycles. The molecule has 0 aromatic carbocycles. The Kier molecular flexibility index (Phi) is 17.3. The van der Waals surface area contributed by atoms with E-state index >= 15 is 0 Å². The van der Waals surface area contributed by atoms with Gasteiger partial charge in [0.2, 0.25) is 5.91 Å². The van der Waals surface area contributed by atoms with E-state index in [0.717, 1.165) is 38.5 Å². The van der Waals surface area contributed by atoms with Gasteiger partial charge in [-0.2, -0.15) is 8.42 Å². The minimum Gasteiger partial charge on any atom is -0.387 e. The standard InChI is InChI=1S/C22H43NO5S/c1-3-5-7-9-11-13-15-17-21(24)20(19-29(26,27)28)23-22(25)18-16-14-12-10-8-6-4-2/h15,17,20-21,24H,3-14,16,18-19H2,1-2H3,(H,23,25)(H,26,27,28)/b17-15+. The topological polar surface area (TPSA) is 104 Å². The van der Waals surface area contributed by atoms with E-state index in [1.54, 1.807) is 0 Å². The van der Waals surface area contributed by atoms with Crippen molar-refractivity contribution in [2.75, 3.05) is 5.75 Å². The molecule has 0 saturated heterocycles. The van der Waals surface area contributed by atoms with Crippen LogP contribution in [0.2, 0.25) is 0 Å². The summed E-state index contributed by atoms with van der Waals surface area (Å²) in [4.78, 5) is 12.1. The molecule has 0 saturated carbocycles. The first-order chi connectivity index (χ1) is 13.8. The summed E-state index contributed by atoms with van der Waals surface area (Å²) in [5, 5.41) is 12.9. The first-order valence-electron chi connectivity index (χ1n) is 11.4. The highest BCUT2D eigenvalue weighted by Gasteiger charge is 2.24. The number of nitrogens with one attached hydrogen (secondary N) is 1. The first kappa shape index (κ1) is 28.1. The van der Waals surface area contributed by atoms with Crippen LogP contribution in [0.1, 0.15) is 104 Å². The van der Waals surface area contributed by atoms with Crippen LogP contribution >= 0.6 is 0 Å². The Morgan fingerprint density at radius 2 is 1.41 bits per heavy atom. The number of hydrogen-bond acceptors (Lipinski definition) is 4. The monoisotopic (exact) mass is 433 g/mol. The average Bonchev–Trinajstić information content (AvgIpc) is 2.64. The van der Waals surface area contributed by atoms with Crippen molar-refractivity contribution in [1.29, 1.82) is 0 Å². The normalized spacial score (nSPS) is 14.2. The summed E-state index contributed by atoms with van der Waals surface area (Å²) in [7, 11) is -4.31. The lowest BCUT2D eigenvalue weighted by Gasteiger charge is -2.21. The second kappa shape index (κ2) is 17.9. The van der Waals surface area contributed by atoms with Crippen molar-refractivity contribution in [3.05, 3.63) is 12.2 Å². The van der Waals surface area contributed by atoms with Crippen molar-refractivity contribution in [2.24, 2.45) is 0 Å². The molecular formula is C22H43NO5S. The maximum atomic E-state index is 12.1. The number of rotatable bonds is 19. The Morgan fingerprint density at radius 3 is 1.97 bits per heavy atom. The maximum absolute atomic E-state index is 12.1. The van der Waals surface area contributed by atoms with Crippen LogP contribution in [-0.4, -0.2) is 41.9 Å². The maximum Gasteiger partial charge on any atom is 0.267 e. The number of allylic oxidation sites excluding steroid dienone is 1. The van der Waals surface area contributed by atoms with Gasteiger partial charge < -0.3 is 10.4 Å². The smallest absolute Gasteiger partial charge is 0.267 e. The molecule has 0 aromatic rings. The van der Waals surface area contributed by atoms with Crippen LogP contribution in [0.15, 0.2) is 12.2 Å². The zero-order valence-electron chi connectivity index (χ0n) is 18.4. The predicted molar refractivity (Wildman–Crippen MR) is 119 cm³/mol. The number of carbonyl (C=O) groups excluding carboxylic acids is 1. The number of aliphatic hydroxyl groups excluding tert-OH is 1. The summed E-state index contributed by atoms with van der Waals surface area (Å²) in [6, 6.07) is -1.04. The van der Waals surface area contributed by atoms with E-state index in [1.165, 1.54) is 51.0 Å². The summed E-state index contributed by atoms with van der Waals surface area (Å²) >= 11 is 0. The number of carbonyl (C=O) groups is 1. The molecule has 0 bridgehead atoms. The molecule has 0 rings (SSSR count). The van der Waals surface area contributed by atoms with E-state index in [0.29, 0.717) is 6.42 Å². The van der Waals surface area contributed by atoms with E-state index in [-0.39, 0.29) is 5.91 Å². The van der Waals surface area contributed by atoms with Crippen molar-refractivity contribution in [1.82, 2.24) is 5.32 Å². The minimum atomic E-state index is -4.31. The van der Waals surface area contributed by atoms with Crippen LogP contribution in [-0.2, 0) is 14.9 Å². The third kappa shape index (κ3) is 18.8. The van der Waals surface area contributed by atoms with Gasteiger partial charge in [0.25, 0.3) is 10.1 Å². The number of unbranched alkanes of at least 4 members (excludes halogenated alkanes) is 11. The van der Waals surface area contributed by atoms with E-state index in [1.807, 2.05) is 6.08 Å². The molecule has 0 spiro atoms. The first-order valence-corrected chi connectivity index (χ1v) is 13.0. The van der Waals surface area contributed by atoms with E-state index in [4.69, 9.17) is 4.55 Å². The average molecular weight is 434 g/mol. The van der Waals surface area contributed by atoms with E-state index in [2.05, 4.69) is 19.2 Å². The highest BCUT2D eigenvalue weighted by molar-refractivity contribution is 7.85. The van der Waals surface area contributed by atoms with Gasteiger partial charge in [0.05, 0.1) is 17.9 Å². The van der Waals surface area contributed by atoms with Crippen molar-refractivity contribution < 1.29 is 22.9 Å². The van der Waals surface area contributed by atoms with Crippen LogP contribution in [0.5, 0.6) is 0 Å². The van der Waals surface area contributed by atoms with Gasteiger partial charge in [0.15, 0.2) is 0 Å². The van der Waals surface area contributed by atoms with Crippen molar-refractivity contribution >= 4 is 16.0 Å². The van der Waals surface area contributed by atoms with Crippen molar-refractivity contribution in [3.8, 4) is 0 Å². The Hall–Kier alpha value is -0.920. The predicted octanol–water partition coefficient (Wildman–Crippen LogP) is 4.78. The van der Waals surface area contributed by atoms with E-state index in [9.17, 15) is 18.3 Å². The fourth-order valence-electron chi connectivity index (χ4n) is 3.21. The molecule has 2 unspecified atom stereocenters. The molecule has 0 fully saturated rings. The Labute approximate surface area is 178 Å². The van der Waals surface area contributed by atoms with Crippen LogP contribution in [0.3, 0.4) is 0 Å². The fraction of sp³-hybridized carbons (Fsp3) is 0.864. The van der Waals surface area contributed by atoms with Crippen LogP contribution in [0.4, 0.5) is 0 Å². The summed E-state index contributed by atoms with van der Waals surface area (Å²) in [5.74, 6) is -0.989. The lowest BCUT2D eigenvalue weighted by atomic mass is 10.1. The summed E-state index contributed by atoms with van der Waals surface area (Å²) < 4.78 is 31.7. The molecule has 1 amide bonds. The molecule has 0 aliphatic carbocycles. The lowest BCUT2D eigenvalue weighted by Crippen LogP contribution is -2.46. The van der Waals surface area contributed by atoms with Crippen LogP contribution in [0, 0.1) is 0 Å². The molecule has 0 aliphatic heterocycles. The van der Waals surface area contributed by atoms with Gasteiger partial charge in [-0.1, -0.05) is 90.2 Å². The highest BCUT2D eigenvalue weighted by atomic mass is 32.2. The zero-order valence-corrected chi connectivity index (χ0v) is 19.3. The molecule has 3 N–H and O–H groups in total. The van der Waals surface area contributed by atoms with Crippen LogP contribution < -0.4 is 5.32 Å². The largest absolute Gasteiger partial charge is 0.387 e. The number of aliphatic hydroxyl groups is 1. The zero-order chi connectivity index (χ0) is 22.0. The molecule has 0 heterocycles. The number of amides is 1. The molecule has 7 heteroatoms. The minimum absolute atomic E-state index is 0.292. The quantitative estimate of drug-likeness (QED) is 0.154. The Bertz CT molecular complexity index is 533. The SMILES string of the molecule is CCCCCCC/C=C/C(O)C(CS(=O)(=O)O)NC(=O)CCCCCCCCC. The second-order valence-electron chi connectivity index (χ2n) is 7.92. The Morgan fingerprint density at radius 1 is 0.897 bits per heavy atom. The molecular weight excluding hydrogens is 390 g/mol. The van der Waals surface area contributed by atoms with Gasteiger partial charge >= 0.3 is 0 Å². The lowest BCUT2D eigenvalue weighted by molar-refractivity contribution is -0.122. The Balaban J connectivity index is 4.33. The summed E-state index contributed by atoms with van der Waals surface area (Å²) in [5.41, 5.74) is 0. The fourth-order valence-corrected chi connectivity index (χ4v) is 3.94. The van der Waals surface area contributed by atoms with Gasteiger partial charge in [-0.05, 0) is 19.3 Å². The molecule has 0 radical (unpaired) electrons. The second-order valence-corrected chi connectivity index (χ2v) is 9.41. The van der Waals surface area contributed by atoms with Crippen molar-refractivity contribution in [3.63, 3.8) is 0 Å². The summed E-state index contributed by atoms with van der Waals surface area (Å²) in [6.45, 7) is 4.33. The molecule has 29 heavy (non-hydrogen) atoms. The molecule has 172 valence electrons. The van der Waals surface area contributed by atoms with Gasteiger partial charge in [0, 0.05) is 6.42 Å². The third-order valence-electron chi connectivity index (χ3n) is 4.96. The molecule has 6 nitrogen and oxygen atoms in total. The number of hydrogen-bond donors (Lipinski definition) is 3. The van der Waals surface area contributed by atoms with Gasteiger partial charge in [-0.25, -0.2) is 0 Å². The van der Waals surface area contributed by atoms with E-state index < -0.39 is 28.0 Å². The highest BCUT2D eigenvalue weighted by Crippen LogP contribution is 2.10. The van der Waals surface area contributed by atoms with Gasteiger partial charge in [0.1, 0.15) is 0 Å². The summed E-state index contributed by atoms with van der Waals surface area (Å²) in [6.07, 6.45) is 16.6. The molecule has 0 aliphatic rings. The van der Waals surface area contributed by atoms with Crippen molar-refractivity contribution in [2.45, 2.75) is 116 Å².